The second kappa shape index (κ2) is 10.6. The third-order valence-electron chi connectivity index (χ3n) is 5.65. The lowest BCUT2D eigenvalue weighted by Gasteiger charge is -2.20. The van der Waals surface area contributed by atoms with E-state index < -0.39 is 12.3 Å². The van der Waals surface area contributed by atoms with Gasteiger partial charge in [-0.25, -0.2) is 9.48 Å². The Morgan fingerprint density at radius 1 is 0.946 bits per heavy atom. The molecule has 8 nitrogen and oxygen atoms in total. The van der Waals surface area contributed by atoms with Gasteiger partial charge in [0.1, 0.15) is 11.5 Å². The highest BCUT2D eigenvalue weighted by molar-refractivity contribution is 5.86. The van der Waals surface area contributed by atoms with Crippen LogP contribution in [0.2, 0.25) is 0 Å². The quantitative estimate of drug-likeness (QED) is 0.328. The number of halogens is 3. The maximum atomic E-state index is 12.4. The number of aromatic carboxylic acids is 1. The van der Waals surface area contributed by atoms with Crippen LogP contribution in [-0.4, -0.2) is 46.6 Å². The summed E-state index contributed by atoms with van der Waals surface area (Å²) >= 11 is 0. The number of benzene rings is 3. The number of carboxylic acids is 1. The van der Waals surface area contributed by atoms with E-state index in [1.807, 2.05) is 60.5 Å². The van der Waals surface area contributed by atoms with E-state index in [2.05, 4.69) is 15.0 Å². The molecule has 0 unspecified atom stereocenters. The van der Waals surface area contributed by atoms with Gasteiger partial charge in [0.2, 0.25) is 0 Å². The van der Waals surface area contributed by atoms with Crippen LogP contribution in [0.4, 0.5) is 18.9 Å². The number of hydrogen-bond donors (Lipinski definition) is 1. The van der Waals surface area contributed by atoms with Crippen molar-refractivity contribution in [2.75, 3.05) is 19.1 Å². The Kier molecular flexibility index (Phi) is 7.32. The number of aromatic nitrogens is 3. The third kappa shape index (κ3) is 6.37. The molecule has 0 aliphatic heterocycles. The van der Waals surface area contributed by atoms with Gasteiger partial charge in [0.05, 0.1) is 25.9 Å². The van der Waals surface area contributed by atoms with Gasteiger partial charge >= 0.3 is 12.3 Å². The molecule has 1 N–H and O–H groups in total. The summed E-state index contributed by atoms with van der Waals surface area (Å²) in [4.78, 5) is 13.6. The lowest BCUT2D eigenvalue weighted by atomic mass is 10.1. The number of ether oxygens (including phenoxy) is 2. The molecule has 0 spiro atoms. The molecule has 0 fully saturated rings. The Bertz CT molecular complexity index is 1350. The Hall–Kier alpha value is -4.54. The minimum atomic E-state index is -4.74. The first kappa shape index (κ1) is 25.5. The molecule has 1 aromatic heterocycles. The molecule has 37 heavy (non-hydrogen) atoms. The summed E-state index contributed by atoms with van der Waals surface area (Å²) in [5.74, 6) is -0.748. The third-order valence-corrected chi connectivity index (χ3v) is 5.65. The van der Waals surface area contributed by atoms with Gasteiger partial charge in [-0.2, -0.15) is 0 Å². The Labute approximate surface area is 210 Å². The number of methoxy groups -OCH3 is 1. The van der Waals surface area contributed by atoms with E-state index in [4.69, 9.17) is 4.74 Å². The van der Waals surface area contributed by atoms with Crippen LogP contribution < -0.4 is 14.4 Å². The lowest BCUT2D eigenvalue weighted by Crippen LogP contribution is -2.21. The van der Waals surface area contributed by atoms with Crippen molar-refractivity contribution in [3.05, 3.63) is 89.7 Å². The van der Waals surface area contributed by atoms with Crippen molar-refractivity contribution in [2.45, 2.75) is 19.5 Å². The van der Waals surface area contributed by atoms with Gasteiger partial charge in [-0.15, -0.1) is 18.3 Å². The molecule has 0 aliphatic rings. The van der Waals surface area contributed by atoms with Crippen LogP contribution in [0.3, 0.4) is 0 Å². The van der Waals surface area contributed by atoms with E-state index in [1.54, 1.807) is 23.9 Å². The molecule has 0 aliphatic carbocycles. The number of carbonyl (C=O) groups is 1. The van der Waals surface area contributed by atoms with Crippen molar-refractivity contribution in [3.8, 4) is 22.6 Å². The minimum Gasteiger partial charge on any atom is -0.497 e. The molecular weight excluding hydrogens is 489 g/mol. The molecule has 1 heterocycles. The average Bonchev–Trinajstić information content (AvgIpc) is 3.26. The smallest absolute Gasteiger partial charge is 0.497 e. The number of anilines is 1. The second-order valence-corrected chi connectivity index (χ2v) is 8.17. The van der Waals surface area contributed by atoms with Crippen LogP contribution in [0.5, 0.6) is 11.5 Å². The maximum Gasteiger partial charge on any atom is 0.573 e. The van der Waals surface area contributed by atoms with Crippen molar-refractivity contribution in [3.63, 3.8) is 0 Å². The van der Waals surface area contributed by atoms with Crippen LogP contribution in [0, 0.1) is 0 Å². The first-order valence-corrected chi connectivity index (χ1v) is 11.1. The van der Waals surface area contributed by atoms with Crippen LogP contribution in [0.15, 0.2) is 72.8 Å². The van der Waals surface area contributed by atoms with Crippen LogP contribution >= 0.6 is 0 Å². The number of carboxylic acid groups (broad SMARTS) is 1. The Morgan fingerprint density at radius 2 is 1.51 bits per heavy atom. The normalized spacial score (nSPS) is 11.3. The number of hydrogen-bond acceptors (Lipinski definition) is 6. The fraction of sp³-hybridized carbons (Fsp3) is 0.192. The Morgan fingerprint density at radius 3 is 2.05 bits per heavy atom. The molecule has 0 saturated heterocycles. The highest BCUT2D eigenvalue weighted by Gasteiger charge is 2.31. The predicted molar refractivity (Wildman–Crippen MR) is 130 cm³/mol. The summed E-state index contributed by atoms with van der Waals surface area (Å²) in [6.07, 6.45) is -4.74. The average molecular weight is 512 g/mol. The predicted octanol–water partition coefficient (Wildman–Crippen LogP) is 5.24. The fourth-order valence-corrected chi connectivity index (χ4v) is 3.76. The molecule has 11 heteroatoms. The van der Waals surface area contributed by atoms with Gasteiger partial charge in [0.15, 0.2) is 5.69 Å². The Balaban J connectivity index is 1.50. The second-order valence-electron chi connectivity index (χ2n) is 8.17. The SMILES string of the molecule is COc1ccc(Cn2nnc(C(=O)O)c2CN(C)c2ccc(-c3ccc(OC(F)(F)F)cc3)cc2)cc1. The molecule has 0 saturated carbocycles. The molecule has 0 amide bonds. The summed E-state index contributed by atoms with van der Waals surface area (Å²) in [7, 11) is 3.39. The van der Waals surface area contributed by atoms with Gasteiger partial charge in [0.25, 0.3) is 0 Å². The van der Waals surface area contributed by atoms with E-state index in [-0.39, 0.29) is 18.0 Å². The van der Waals surface area contributed by atoms with Crippen LogP contribution in [-0.2, 0) is 13.1 Å². The zero-order valence-corrected chi connectivity index (χ0v) is 19.9. The van der Waals surface area contributed by atoms with E-state index in [0.29, 0.717) is 18.0 Å². The van der Waals surface area contributed by atoms with Crippen molar-refractivity contribution in [1.29, 1.82) is 0 Å². The molecule has 4 aromatic rings. The van der Waals surface area contributed by atoms with Crippen molar-refractivity contribution in [1.82, 2.24) is 15.0 Å². The van der Waals surface area contributed by atoms with E-state index in [9.17, 15) is 23.1 Å². The fourth-order valence-electron chi connectivity index (χ4n) is 3.76. The lowest BCUT2D eigenvalue weighted by molar-refractivity contribution is -0.274. The van der Waals surface area contributed by atoms with Gasteiger partial charge in [0, 0.05) is 12.7 Å². The standard InChI is InChI=1S/C26H23F3N4O4/c1-32(20-9-5-18(6-10-20)19-7-13-22(14-8-19)37-26(27,28)29)16-23-24(25(34)35)30-31-33(23)15-17-3-11-21(36-2)12-4-17/h3-14H,15-16H2,1-2H3,(H,34,35). The molecular formula is C26H23F3N4O4. The van der Waals surface area contributed by atoms with E-state index in [1.165, 1.54) is 12.1 Å². The summed E-state index contributed by atoms with van der Waals surface area (Å²) in [5.41, 5.74) is 3.54. The number of alkyl halides is 3. The zero-order chi connectivity index (χ0) is 26.6. The number of nitrogens with zero attached hydrogens (tertiary/aromatic N) is 4. The molecule has 0 atom stereocenters. The molecule has 4 rings (SSSR count). The van der Waals surface area contributed by atoms with Gasteiger partial charge < -0.3 is 19.5 Å². The topological polar surface area (TPSA) is 89.7 Å². The summed E-state index contributed by atoms with van der Waals surface area (Å²) in [6.45, 7) is 0.564. The molecule has 0 bridgehead atoms. The van der Waals surface area contributed by atoms with Gasteiger partial charge in [-0.3, -0.25) is 0 Å². The molecule has 192 valence electrons. The van der Waals surface area contributed by atoms with Crippen molar-refractivity contribution in [2.24, 2.45) is 0 Å². The first-order chi connectivity index (χ1) is 17.6. The highest BCUT2D eigenvalue weighted by atomic mass is 19.4. The molecule has 0 radical (unpaired) electrons. The van der Waals surface area contributed by atoms with Crippen LogP contribution in [0.25, 0.3) is 11.1 Å². The van der Waals surface area contributed by atoms with E-state index in [0.717, 1.165) is 22.4 Å². The zero-order valence-electron chi connectivity index (χ0n) is 19.9. The summed E-state index contributed by atoms with van der Waals surface area (Å²) < 4.78 is 47.8. The van der Waals surface area contributed by atoms with Gasteiger partial charge in [-0.05, 0) is 53.1 Å². The molecule has 3 aromatic carbocycles. The summed E-state index contributed by atoms with van der Waals surface area (Å²) in [6, 6.07) is 20.3. The number of rotatable bonds is 9. The monoisotopic (exact) mass is 512 g/mol. The van der Waals surface area contributed by atoms with Gasteiger partial charge in [-0.1, -0.05) is 41.6 Å². The van der Waals surface area contributed by atoms with Crippen molar-refractivity contribution >= 4 is 11.7 Å². The van der Waals surface area contributed by atoms with Crippen molar-refractivity contribution < 1.29 is 32.5 Å². The summed E-state index contributed by atoms with van der Waals surface area (Å²) in [5, 5.41) is 17.5. The minimum absolute atomic E-state index is 0.127. The maximum absolute atomic E-state index is 12.4. The van der Waals surface area contributed by atoms with Crippen LogP contribution in [0.1, 0.15) is 21.7 Å². The largest absolute Gasteiger partial charge is 0.573 e. The first-order valence-electron chi connectivity index (χ1n) is 11.1. The van der Waals surface area contributed by atoms with E-state index >= 15 is 0 Å². The highest BCUT2D eigenvalue weighted by Crippen LogP contribution is 2.28.